The van der Waals surface area contributed by atoms with E-state index in [-0.39, 0.29) is 0 Å². The van der Waals surface area contributed by atoms with Gasteiger partial charge >= 0.3 is 6.18 Å². The molecule has 0 spiro atoms. The van der Waals surface area contributed by atoms with Gasteiger partial charge in [0.15, 0.2) is 5.69 Å². The van der Waals surface area contributed by atoms with Crippen molar-refractivity contribution in [2.45, 2.75) is 6.18 Å². The van der Waals surface area contributed by atoms with Crippen LogP contribution >= 0.6 is 0 Å². The summed E-state index contributed by atoms with van der Waals surface area (Å²) in [5.74, 6) is -0.571. The lowest BCUT2D eigenvalue weighted by Gasteiger charge is -2.02. The first-order chi connectivity index (χ1) is 7.48. The molecular weight excluding hydrogens is 223 g/mol. The summed E-state index contributed by atoms with van der Waals surface area (Å²) in [6.07, 6.45) is -1.79. The zero-order valence-corrected chi connectivity index (χ0v) is 7.81. The van der Waals surface area contributed by atoms with Crippen LogP contribution in [0.5, 0.6) is 5.88 Å². The van der Waals surface area contributed by atoms with Crippen molar-refractivity contribution in [3.05, 3.63) is 36.3 Å². The summed E-state index contributed by atoms with van der Waals surface area (Å²) in [7, 11) is 0. The standard InChI is InChI=1S/C9H6F3N3O/c10-9(11,12)7-5-8(16)15(14-7)6-1-3-13-4-2-6/h1-5,16H. The summed E-state index contributed by atoms with van der Waals surface area (Å²) < 4.78 is 37.7. The van der Waals surface area contributed by atoms with Crippen molar-refractivity contribution < 1.29 is 18.3 Å². The Kier molecular flexibility index (Phi) is 2.30. The van der Waals surface area contributed by atoms with Crippen molar-refractivity contribution in [1.82, 2.24) is 14.8 Å². The van der Waals surface area contributed by atoms with Gasteiger partial charge in [-0.1, -0.05) is 0 Å². The van der Waals surface area contributed by atoms with E-state index in [1.54, 1.807) is 0 Å². The molecule has 0 radical (unpaired) electrons. The predicted octanol–water partition coefficient (Wildman–Crippen LogP) is 1.99. The molecule has 2 heterocycles. The summed E-state index contributed by atoms with van der Waals surface area (Å²) in [6, 6.07) is 3.44. The Morgan fingerprint density at radius 2 is 1.81 bits per heavy atom. The normalized spacial score (nSPS) is 11.7. The van der Waals surface area contributed by atoms with Crippen molar-refractivity contribution >= 4 is 0 Å². The first-order valence-corrected chi connectivity index (χ1v) is 4.25. The van der Waals surface area contributed by atoms with Crippen LogP contribution in [-0.2, 0) is 6.18 Å². The maximum Gasteiger partial charge on any atom is 0.435 e. The number of aromatic hydroxyl groups is 1. The summed E-state index contributed by atoms with van der Waals surface area (Å²) in [4.78, 5) is 3.71. The largest absolute Gasteiger partial charge is 0.493 e. The van der Waals surface area contributed by atoms with Gasteiger partial charge in [0, 0.05) is 18.5 Å². The number of hydrogen-bond donors (Lipinski definition) is 1. The molecule has 0 aromatic carbocycles. The van der Waals surface area contributed by atoms with E-state index < -0.39 is 17.8 Å². The minimum Gasteiger partial charge on any atom is -0.493 e. The molecule has 0 aliphatic rings. The molecule has 0 fully saturated rings. The van der Waals surface area contributed by atoms with E-state index in [4.69, 9.17) is 0 Å². The lowest BCUT2D eigenvalue weighted by atomic mass is 10.4. The number of alkyl halides is 3. The van der Waals surface area contributed by atoms with E-state index in [0.29, 0.717) is 11.8 Å². The third-order valence-electron chi connectivity index (χ3n) is 1.89. The molecule has 0 saturated carbocycles. The number of halogens is 3. The maximum atomic E-state index is 12.3. The molecule has 0 unspecified atom stereocenters. The van der Waals surface area contributed by atoms with E-state index in [1.807, 2.05) is 0 Å². The quantitative estimate of drug-likeness (QED) is 0.813. The van der Waals surface area contributed by atoms with Gasteiger partial charge in [-0.15, -0.1) is 0 Å². The minimum absolute atomic E-state index is 0.308. The molecule has 0 aliphatic carbocycles. The first kappa shape index (κ1) is 10.5. The van der Waals surface area contributed by atoms with Gasteiger partial charge in [-0.2, -0.15) is 18.3 Å². The average Bonchev–Trinajstić information content (AvgIpc) is 2.61. The molecule has 0 atom stereocenters. The Morgan fingerprint density at radius 3 is 2.31 bits per heavy atom. The van der Waals surface area contributed by atoms with Crippen LogP contribution in [0.3, 0.4) is 0 Å². The average molecular weight is 229 g/mol. The minimum atomic E-state index is -4.57. The number of nitrogens with zero attached hydrogens (tertiary/aromatic N) is 3. The second-order valence-corrected chi connectivity index (χ2v) is 3.00. The lowest BCUT2D eigenvalue weighted by Crippen LogP contribution is -2.07. The van der Waals surface area contributed by atoms with E-state index in [9.17, 15) is 18.3 Å². The van der Waals surface area contributed by atoms with Gasteiger partial charge in [0.05, 0.1) is 5.69 Å². The molecule has 84 valence electrons. The summed E-state index contributed by atoms with van der Waals surface area (Å²) in [5.41, 5.74) is -0.829. The van der Waals surface area contributed by atoms with Gasteiger partial charge in [0.2, 0.25) is 5.88 Å². The fourth-order valence-electron chi connectivity index (χ4n) is 1.19. The Bertz CT molecular complexity index is 492. The highest BCUT2D eigenvalue weighted by Gasteiger charge is 2.35. The van der Waals surface area contributed by atoms with E-state index in [0.717, 1.165) is 4.68 Å². The smallest absolute Gasteiger partial charge is 0.435 e. The molecule has 0 saturated heterocycles. The molecule has 2 aromatic heterocycles. The van der Waals surface area contributed by atoms with Crippen LogP contribution in [-0.4, -0.2) is 19.9 Å². The van der Waals surface area contributed by atoms with Crippen molar-refractivity contribution in [3.8, 4) is 11.6 Å². The Balaban J connectivity index is 2.48. The van der Waals surface area contributed by atoms with Gasteiger partial charge in [0.25, 0.3) is 0 Å². The number of rotatable bonds is 1. The Hall–Kier alpha value is -2.05. The van der Waals surface area contributed by atoms with Gasteiger partial charge in [0.1, 0.15) is 0 Å². The second-order valence-electron chi connectivity index (χ2n) is 3.00. The molecule has 4 nitrogen and oxygen atoms in total. The van der Waals surface area contributed by atoms with Gasteiger partial charge in [-0.05, 0) is 12.1 Å². The molecule has 0 aliphatic heterocycles. The number of hydrogen-bond acceptors (Lipinski definition) is 3. The molecular formula is C9H6F3N3O. The number of aromatic nitrogens is 3. The van der Waals surface area contributed by atoms with E-state index in [1.165, 1.54) is 24.5 Å². The molecule has 0 bridgehead atoms. The topological polar surface area (TPSA) is 50.9 Å². The summed E-state index contributed by atoms with van der Waals surface area (Å²) in [5, 5.41) is 12.6. The molecule has 7 heteroatoms. The van der Waals surface area contributed by atoms with Crippen LogP contribution in [0, 0.1) is 0 Å². The van der Waals surface area contributed by atoms with Crippen molar-refractivity contribution in [1.29, 1.82) is 0 Å². The van der Waals surface area contributed by atoms with Crippen LogP contribution in [0.2, 0.25) is 0 Å². The van der Waals surface area contributed by atoms with Crippen LogP contribution in [0.1, 0.15) is 5.69 Å². The summed E-state index contributed by atoms with van der Waals surface area (Å²) >= 11 is 0. The van der Waals surface area contributed by atoms with E-state index in [2.05, 4.69) is 10.1 Å². The zero-order valence-electron chi connectivity index (χ0n) is 7.81. The fourth-order valence-corrected chi connectivity index (χ4v) is 1.19. The van der Waals surface area contributed by atoms with Crippen molar-refractivity contribution in [3.63, 3.8) is 0 Å². The lowest BCUT2D eigenvalue weighted by molar-refractivity contribution is -0.141. The van der Waals surface area contributed by atoms with Gasteiger partial charge in [-0.25, -0.2) is 4.68 Å². The third kappa shape index (κ3) is 1.83. The monoisotopic (exact) mass is 229 g/mol. The highest BCUT2D eigenvalue weighted by atomic mass is 19.4. The van der Waals surface area contributed by atoms with Crippen LogP contribution in [0.25, 0.3) is 5.69 Å². The molecule has 16 heavy (non-hydrogen) atoms. The third-order valence-corrected chi connectivity index (χ3v) is 1.89. The Morgan fingerprint density at radius 1 is 1.19 bits per heavy atom. The molecule has 1 N–H and O–H groups in total. The highest BCUT2D eigenvalue weighted by molar-refractivity contribution is 5.33. The van der Waals surface area contributed by atoms with Gasteiger partial charge < -0.3 is 5.11 Å². The fraction of sp³-hybridized carbons (Fsp3) is 0.111. The predicted molar refractivity (Wildman–Crippen MR) is 48.0 cm³/mol. The van der Waals surface area contributed by atoms with Gasteiger partial charge in [-0.3, -0.25) is 4.98 Å². The molecule has 2 aromatic rings. The van der Waals surface area contributed by atoms with Crippen LogP contribution in [0.4, 0.5) is 13.2 Å². The van der Waals surface area contributed by atoms with Crippen LogP contribution in [0.15, 0.2) is 30.6 Å². The molecule has 0 amide bonds. The zero-order chi connectivity index (χ0) is 11.8. The first-order valence-electron chi connectivity index (χ1n) is 4.25. The summed E-state index contributed by atoms with van der Waals surface area (Å²) in [6.45, 7) is 0. The Labute approximate surface area is 88.0 Å². The van der Waals surface area contributed by atoms with Crippen LogP contribution < -0.4 is 0 Å². The highest BCUT2D eigenvalue weighted by Crippen LogP contribution is 2.31. The van der Waals surface area contributed by atoms with Crippen molar-refractivity contribution in [2.24, 2.45) is 0 Å². The second kappa shape index (κ2) is 3.51. The maximum absolute atomic E-state index is 12.3. The van der Waals surface area contributed by atoms with E-state index >= 15 is 0 Å². The number of pyridine rings is 1. The molecule has 2 rings (SSSR count). The van der Waals surface area contributed by atoms with Crippen molar-refractivity contribution in [2.75, 3.05) is 0 Å². The SMILES string of the molecule is Oc1cc(C(F)(F)F)nn1-c1ccncc1.